The molecule has 0 bridgehead atoms. The van der Waals surface area contributed by atoms with Crippen molar-refractivity contribution in [1.82, 2.24) is 0 Å². The molecule has 0 aliphatic rings. The predicted octanol–water partition coefficient (Wildman–Crippen LogP) is 3.86. The standard InChI is InChI=1S/C18H17NO2/c1-14(20)18(16-6-4-3-5-7-16)12-15-8-10-17(11-9-15)21-13-19-2/h3-11,18H,12-13H2,1H3. The molecule has 0 aliphatic heterocycles. The molecule has 1 atom stereocenters. The highest BCUT2D eigenvalue weighted by molar-refractivity contribution is 5.83. The highest BCUT2D eigenvalue weighted by atomic mass is 16.5. The Morgan fingerprint density at radius 2 is 1.81 bits per heavy atom. The maximum Gasteiger partial charge on any atom is 0.357 e. The van der Waals surface area contributed by atoms with Gasteiger partial charge in [-0.15, -0.1) is 0 Å². The number of hydrogen-bond acceptors (Lipinski definition) is 2. The van der Waals surface area contributed by atoms with Crippen LogP contribution >= 0.6 is 0 Å². The molecule has 0 saturated heterocycles. The van der Waals surface area contributed by atoms with Gasteiger partial charge in [0, 0.05) is 5.92 Å². The van der Waals surface area contributed by atoms with Crippen LogP contribution in [0, 0.1) is 6.57 Å². The van der Waals surface area contributed by atoms with Gasteiger partial charge in [-0.3, -0.25) is 9.64 Å². The van der Waals surface area contributed by atoms with E-state index in [0.29, 0.717) is 12.2 Å². The van der Waals surface area contributed by atoms with Crippen LogP contribution in [0.25, 0.3) is 4.85 Å². The summed E-state index contributed by atoms with van der Waals surface area (Å²) in [5.41, 5.74) is 2.12. The van der Waals surface area contributed by atoms with Crippen LogP contribution in [-0.2, 0) is 11.2 Å². The van der Waals surface area contributed by atoms with E-state index in [4.69, 9.17) is 11.3 Å². The monoisotopic (exact) mass is 279 g/mol. The topological polar surface area (TPSA) is 30.7 Å². The third-order valence-corrected chi connectivity index (χ3v) is 3.35. The first-order valence-corrected chi connectivity index (χ1v) is 6.81. The van der Waals surface area contributed by atoms with Gasteiger partial charge in [0.15, 0.2) is 0 Å². The molecule has 106 valence electrons. The zero-order valence-corrected chi connectivity index (χ0v) is 12.0. The molecule has 3 heteroatoms. The van der Waals surface area contributed by atoms with Crippen LogP contribution in [0.3, 0.4) is 0 Å². The van der Waals surface area contributed by atoms with Crippen LogP contribution in [0.5, 0.6) is 5.75 Å². The Balaban J connectivity index is 2.11. The van der Waals surface area contributed by atoms with Gasteiger partial charge in [-0.1, -0.05) is 42.5 Å². The number of ketones is 1. The van der Waals surface area contributed by atoms with Gasteiger partial charge in [0.1, 0.15) is 11.5 Å². The molecule has 0 N–H and O–H groups in total. The molecule has 0 amide bonds. The summed E-state index contributed by atoms with van der Waals surface area (Å²) in [5.74, 6) is 0.713. The van der Waals surface area contributed by atoms with E-state index in [9.17, 15) is 4.79 Å². The lowest BCUT2D eigenvalue weighted by Gasteiger charge is -2.14. The number of nitrogens with zero attached hydrogens (tertiary/aromatic N) is 1. The fraction of sp³-hybridized carbons (Fsp3) is 0.222. The molecular weight excluding hydrogens is 262 g/mol. The van der Waals surface area contributed by atoms with Crippen molar-refractivity contribution >= 4 is 5.78 Å². The Bertz CT molecular complexity index is 627. The molecule has 2 aromatic rings. The lowest BCUT2D eigenvalue weighted by molar-refractivity contribution is -0.118. The maximum absolute atomic E-state index is 11.9. The average Bonchev–Trinajstić information content (AvgIpc) is 2.52. The molecule has 0 saturated carbocycles. The molecule has 0 fully saturated rings. The van der Waals surface area contributed by atoms with E-state index in [1.54, 1.807) is 6.92 Å². The molecule has 1 unspecified atom stereocenters. The summed E-state index contributed by atoms with van der Waals surface area (Å²) >= 11 is 0. The van der Waals surface area contributed by atoms with Gasteiger partial charge in [0.25, 0.3) is 0 Å². The molecule has 3 nitrogen and oxygen atoms in total. The minimum Gasteiger partial charge on any atom is -0.426 e. The number of ether oxygens (including phenoxy) is 1. The molecular formula is C18H17NO2. The minimum atomic E-state index is -0.124. The van der Waals surface area contributed by atoms with E-state index >= 15 is 0 Å². The van der Waals surface area contributed by atoms with Crippen molar-refractivity contribution < 1.29 is 9.53 Å². The van der Waals surface area contributed by atoms with Crippen LogP contribution in [0.15, 0.2) is 54.6 Å². The van der Waals surface area contributed by atoms with Gasteiger partial charge >= 0.3 is 6.73 Å². The van der Waals surface area contributed by atoms with E-state index < -0.39 is 0 Å². The Morgan fingerprint density at radius 3 is 2.38 bits per heavy atom. The number of carbonyl (C=O) groups excluding carboxylic acids is 1. The van der Waals surface area contributed by atoms with E-state index in [0.717, 1.165) is 11.1 Å². The van der Waals surface area contributed by atoms with Gasteiger partial charge in [-0.05, 0) is 36.6 Å². The number of carbonyl (C=O) groups is 1. The Morgan fingerprint density at radius 1 is 1.14 bits per heavy atom. The first kappa shape index (κ1) is 14.8. The molecule has 0 spiro atoms. The zero-order valence-electron chi connectivity index (χ0n) is 12.0. The Labute approximate surface area is 125 Å². The number of Topliss-reactive ketones (excluding diaryl/α,β-unsaturated/α-hetero) is 1. The third-order valence-electron chi connectivity index (χ3n) is 3.35. The summed E-state index contributed by atoms with van der Waals surface area (Å²) in [6.45, 7) is 8.35. The fourth-order valence-corrected chi connectivity index (χ4v) is 2.25. The van der Waals surface area contributed by atoms with Crippen LogP contribution in [0.4, 0.5) is 0 Å². The number of hydrogen-bond donors (Lipinski definition) is 0. The highest BCUT2D eigenvalue weighted by Gasteiger charge is 2.17. The minimum absolute atomic E-state index is 0.0272. The van der Waals surface area contributed by atoms with E-state index in [1.165, 1.54) is 0 Å². The van der Waals surface area contributed by atoms with Crippen molar-refractivity contribution in [2.45, 2.75) is 19.3 Å². The van der Waals surface area contributed by atoms with Crippen LogP contribution < -0.4 is 4.74 Å². The largest absolute Gasteiger partial charge is 0.426 e. The van der Waals surface area contributed by atoms with Gasteiger partial charge < -0.3 is 4.74 Å². The summed E-state index contributed by atoms with van der Waals surface area (Å²) < 4.78 is 5.23. The molecule has 2 aromatic carbocycles. The Hall–Kier alpha value is -2.60. The lowest BCUT2D eigenvalue weighted by Crippen LogP contribution is -2.11. The summed E-state index contributed by atoms with van der Waals surface area (Å²) in [6, 6.07) is 17.4. The smallest absolute Gasteiger partial charge is 0.357 e. The average molecular weight is 279 g/mol. The zero-order chi connectivity index (χ0) is 15.1. The molecule has 0 aromatic heterocycles. The number of rotatable bonds is 6. The molecule has 0 aliphatic carbocycles. The molecule has 0 heterocycles. The molecule has 0 radical (unpaired) electrons. The van der Waals surface area contributed by atoms with Crippen LogP contribution in [0.1, 0.15) is 24.0 Å². The van der Waals surface area contributed by atoms with Crippen LogP contribution in [0.2, 0.25) is 0 Å². The summed E-state index contributed by atoms with van der Waals surface area (Å²) in [5, 5.41) is 0. The van der Waals surface area contributed by atoms with Crippen molar-refractivity contribution in [2.75, 3.05) is 6.73 Å². The van der Waals surface area contributed by atoms with Gasteiger partial charge in [0.05, 0.1) is 0 Å². The second-order valence-electron chi connectivity index (χ2n) is 4.85. The molecule has 2 rings (SSSR count). The van der Waals surface area contributed by atoms with E-state index in [1.807, 2.05) is 54.6 Å². The van der Waals surface area contributed by atoms with Gasteiger partial charge in [-0.2, -0.15) is 0 Å². The Kier molecular flexibility index (Phi) is 5.11. The SMILES string of the molecule is [C-]#[N+]COc1ccc(CC(C(C)=O)c2ccccc2)cc1. The van der Waals surface area contributed by atoms with Gasteiger partial charge in [-0.25, -0.2) is 6.57 Å². The van der Waals surface area contributed by atoms with Gasteiger partial charge in [0.2, 0.25) is 0 Å². The maximum atomic E-state index is 11.9. The highest BCUT2D eigenvalue weighted by Crippen LogP contribution is 2.23. The predicted molar refractivity (Wildman–Crippen MR) is 82.1 cm³/mol. The number of benzene rings is 2. The summed E-state index contributed by atoms with van der Waals surface area (Å²) in [4.78, 5) is 15.0. The van der Waals surface area contributed by atoms with E-state index in [2.05, 4.69) is 4.85 Å². The van der Waals surface area contributed by atoms with Crippen molar-refractivity contribution in [3.63, 3.8) is 0 Å². The van der Waals surface area contributed by atoms with Crippen molar-refractivity contribution in [2.24, 2.45) is 0 Å². The molecule has 21 heavy (non-hydrogen) atoms. The normalized spacial score (nSPS) is 11.4. The lowest BCUT2D eigenvalue weighted by atomic mass is 9.89. The van der Waals surface area contributed by atoms with Crippen molar-refractivity contribution in [3.05, 3.63) is 77.1 Å². The second-order valence-corrected chi connectivity index (χ2v) is 4.85. The third kappa shape index (κ3) is 4.19. The quantitative estimate of drug-likeness (QED) is 0.752. The van der Waals surface area contributed by atoms with E-state index in [-0.39, 0.29) is 18.4 Å². The fourth-order valence-electron chi connectivity index (χ4n) is 2.25. The second kappa shape index (κ2) is 7.25. The summed E-state index contributed by atoms with van der Waals surface area (Å²) in [7, 11) is 0. The van der Waals surface area contributed by atoms with Crippen molar-refractivity contribution in [3.8, 4) is 5.75 Å². The van der Waals surface area contributed by atoms with Crippen molar-refractivity contribution in [1.29, 1.82) is 0 Å². The first-order chi connectivity index (χ1) is 10.2. The first-order valence-electron chi connectivity index (χ1n) is 6.81. The summed E-state index contributed by atoms with van der Waals surface area (Å²) in [6.07, 6.45) is 0.669. The van der Waals surface area contributed by atoms with Crippen LogP contribution in [-0.4, -0.2) is 12.5 Å².